The van der Waals surface area contributed by atoms with Gasteiger partial charge in [-0.15, -0.1) is 0 Å². The maximum atomic E-state index is 14.0. The first-order valence-electron chi connectivity index (χ1n) is 18.1. The van der Waals surface area contributed by atoms with Crippen molar-refractivity contribution in [1.29, 1.82) is 0 Å². The highest BCUT2D eigenvalue weighted by Gasteiger charge is 2.20. The van der Waals surface area contributed by atoms with E-state index in [-0.39, 0.29) is 11.8 Å². The number of pyridine rings is 2. The predicted molar refractivity (Wildman–Crippen MR) is 223 cm³/mol. The molecule has 8 rings (SSSR count). The van der Waals surface area contributed by atoms with Crippen LogP contribution in [0.4, 0.5) is 17.1 Å². The van der Waals surface area contributed by atoms with Gasteiger partial charge in [-0.1, -0.05) is 42.5 Å². The molecule has 0 fully saturated rings. The first-order valence-corrected chi connectivity index (χ1v) is 18.1. The Morgan fingerprint density at radius 2 is 1.23 bits per heavy atom. The average Bonchev–Trinajstić information content (AvgIpc) is 3.87. The molecule has 8 aromatic rings. The van der Waals surface area contributed by atoms with Crippen molar-refractivity contribution in [3.63, 3.8) is 0 Å². The zero-order valence-electron chi connectivity index (χ0n) is 32.0. The Bertz CT molecular complexity index is 2750. The normalized spacial score (nSPS) is 11.0. The van der Waals surface area contributed by atoms with E-state index in [0.717, 1.165) is 33.6 Å². The van der Waals surface area contributed by atoms with Crippen LogP contribution < -0.4 is 29.7 Å². The summed E-state index contributed by atoms with van der Waals surface area (Å²) in [4.78, 5) is 39.1. The molecule has 4 aromatic heterocycles. The van der Waals surface area contributed by atoms with E-state index in [4.69, 9.17) is 24.2 Å². The molecule has 284 valence electrons. The quantitative estimate of drug-likeness (QED) is 0.135. The zero-order valence-corrected chi connectivity index (χ0v) is 32.0. The lowest BCUT2D eigenvalue weighted by molar-refractivity contribution is 0.101. The zero-order chi connectivity index (χ0) is 39.6. The molecule has 2 amide bonds. The summed E-state index contributed by atoms with van der Waals surface area (Å²) in [6.45, 7) is 0. The molecular weight excluding hydrogens is 719 g/mol. The molecule has 0 radical (unpaired) electrons. The molecule has 4 heterocycles. The molecule has 57 heavy (non-hydrogen) atoms. The summed E-state index contributed by atoms with van der Waals surface area (Å²) in [6.07, 6.45) is 7.74. The molecule has 0 saturated carbocycles. The minimum absolute atomic E-state index is 0.211. The molecule has 0 aliphatic carbocycles. The highest BCUT2D eigenvalue weighted by molar-refractivity contribution is 6.08. The van der Waals surface area contributed by atoms with Crippen LogP contribution in [-0.4, -0.2) is 66.0 Å². The molecule has 0 aliphatic rings. The molecule has 12 nitrogen and oxygen atoms in total. The van der Waals surface area contributed by atoms with E-state index in [1.165, 1.54) is 21.3 Å². The molecule has 0 bridgehead atoms. The van der Waals surface area contributed by atoms with Crippen molar-refractivity contribution in [2.24, 2.45) is 0 Å². The Morgan fingerprint density at radius 3 is 1.95 bits per heavy atom. The van der Waals surface area contributed by atoms with Crippen molar-refractivity contribution < 1.29 is 23.8 Å². The Hall–Kier alpha value is -7.60. The van der Waals surface area contributed by atoms with Gasteiger partial charge in [0, 0.05) is 66.8 Å². The first kappa shape index (κ1) is 36.4. The van der Waals surface area contributed by atoms with Gasteiger partial charge in [-0.3, -0.25) is 9.59 Å². The van der Waals surface area contributed by atoms with Crippen LogP contribution in [0, 0.1) is 0 Å². The van der Waals surface area contributed by atoms with Crippen LogP contribution >= 0.6 is 0 Å². The maximum absolute atomic E-state index is 14.0. The summed E-state index contributed by atoms with van der Waals surface area (Å²) in [5.74, 6) is 0.533. The number of carbonyl (C=O) groups is 2. The second-order valence-electron chi connectivity index (χ2n) is 13.5. The number of carbonyl (C=O) groups excluding carboxylic acids is 2. The number of ether oxygens (including phenoxy) is 3. The van der Waals surface area contributed by atoms with Crippen molar-refractivity contribution in [1.82, 2.24) is 18.8 Å². The molecular formula is C45H39N7O5. The largest absolute Gasteiger partial charge is 0.493 e. The minimum atomic E-state index is -0.374. The Kier molecular flexibility index (Phi) is 9.74. The smallest absolute Gasteiger partial charge is 0.255 e. The van der Waals surface area contributed by atoms with Crippen molar-refractivity contribution in [2.75, 3.05) is 51.0 Å². The van der Waals surface area contributed by atoms with Gasteiger partial charge in [0.15, 0.2) is 11.5 Å². The van der Waals surface area contributed by atoms with Gasteiger partial charge in [0.25, 0.3) is 11.8 Å². The van der Waals surface area contributed by atoms with Crippen LogP contribution in [-0.2, 0) is 0 Å². The Labute approximate surface area is 328 Å². The first-order chi connectivity index (χ1) is 27.7. The van der Waals surface area contributed by atoms with Crippen LogP contribution in [0.25, 0.3) is 44.9 Å². The summed E-state index contributed by atoms with van der Waals surface area (Å²) in [5, 5.41) is 6.21. The van der Waals surface area contributed by atoms with Gasteiger partial charge in [-0.25, -0.2) is 9.97 Å². The maximum Gasteiger partial charge on any atom is 0.255 e. The van der Waals surface area contributed by atoms with Gasteiger partial charge in [0.05, 0.1) is 44.1 Å². The van der Waals surface area contributed by atoms with Gasteiger partial charge in [-0.05, 0) is 77.9 Å². The van der Waals surface area contributed by atoms with E-state index in [1.54, 1.807) is 18.2 Å². The third-order valence-electron chi connectivity index (χ3n) is 9.70. The summed E-state index contributed by atoms with van der Waals surface area (Å²) < 4.78 is 20.4. The van der Waals surface area contributed by atoms with Gasteiger partial charge in [0.2, 0.25) is 5.75 Å². The van der Waals surface area contributed by atoms with E-state index in [1.807, 2.05) is 144 Å². The summed E-state index contributed by atoms with van der Waals surface area (Å²) in [7, 11) is 8.41. The predicted octanol–water partition coefficient (Wildman–Crippen LogP) is 8.58. The number of nitrogens with one attached hydrogen (secondary N) is 2. The van der Waals surface area contributed by atoms with Crippen molar-refractivity contribution in [2.45, 2.75) is 0 Å². The monoisotopic (exact) mass is 757 g/mol. The number of rotatable bonds is 11. The highest BCUT2D eigenvalue weighted by atomic mass is 16.5. The van der Waals surface area contributed by atoms with Crippen molar-refractivity contribution in [3.05, 3.63) is 145 Å². The second kappa shape index (κ2) is 15.3. The van der Waals surface area contributed by atoms with Gasteiger partial charge >= 0.3 is 0 Å². The number of fused-ring (bicyclic) bond motifs is 2. The van der Waals surface area contributed by atoms with Crippen LogP contribution in [0.15, 0.2) is 134 Å². The van der Waals surface area contributed by atoms with E-state index in [2.05, 4.69) is 10.6 Å². The van der Waals surface area contributed by atoms with Crippen LogP contribution in [0.3, 0.4) is 0 Å². The van der Waals surface area contributed by atoms with Crippen molar-refractivity contribution in [3.8, 4) is 50.9 Å². The number of benzene rings is 4. The number of para-hydroxylation sites is 1. The molecule has 0 aliphatic heterocycles. The fourth-order valence-electron chi connectivity index (χ4n) is 6.75. The summed E-state index contributed by atoms with van der Waals surface area (Å²) in [5.41, 5.74) is 9.14. The number of imidazole rings is 2. The van der Waals surface area contributed by atoms with E-state index < -0.39 is 0 Å². The topological polar surface area (TPSA) is 124 Å². The second-order valence-corrected chi connectivity index (χ2v) is 13.5. The molecule has 0 unspecified atom stereocenters. The number of aromatic nitrogens is 4. The van der Waals surface area contributed by atoms with E-state index in [0.29, 0.717) is 56.8 Å². The lowest BCUT2D eigenvalue weighted by Gasteiger charge is -2.15. The Morgan fingerprint density at radius 1 is 0.579 bits per heavy atom. The Balaban J connectivity index is 1.14. The van der Waals surface area contributed by atoms with Crippen molar-refractivity contribution >= 4 is 40.2 Å². The lowest BCUT2D eigenvalue weighted by atomic mass is 10.0. The van der Waals surface area contributed by atoms with Crippen LogP contribution in [0.2, 0.25) is 0 Å². The number of methoxy groups -OCH3 is 3. The van der Waals surface area contributed by atoms with Crippen LogP contribution in [0.5, 0.6) is 17.2 Å². The SMILES string of the molecule is COc1cc(C(=O)Nc2cc(-c3ccn4cc(-c5ccccc5NC(=O)c5cccc(N(C)C)c5)nc4c3)ccc2-c2cn3ccccc3n2)cc(OC)c1OC. The van der Waals surface area contributed by atoms with Gasteiger partial charge in [0.1, 0.15) is 11.3 Å². The lowest BCUT2D eigenvalue weighted by Crippen LogP contribution is -2.14. The molecule has 2 N–H and O–H groups in total. The summed E-state index contributed by atoms with van der Waals surface area (Å²) in [6, 6.07) is 34.0. The molecule has 0 saturated heterocycles. The van der Waals surface area contributed by atoms with E-state index >= 15 is 0 Å². The molecule has 4 aromatic carbocycles. The summed E-state index contributed by atoms with van der Waals surface area (Å²) >= 11 is 0. The number of hydrogen-bond acceptors (Lipinski definition) is 8. The number of anilines is 3. The number of hydrogen-bond donors (Lipinski definition) is 2. The van der Waals surface area contributed by atoms with Gasteiger partial charge in [-0.2, -0.15) is 0 Å². The highest BCUT2D eigenvalue weighted by Crippen LogP contribution is 2.39. The fraction of sp³-hybridized carbons (Fsp3) is 0.111. The fourth-order valence-corrected chi connectivity index (χ4v) is 6.75. The van der Waals surface area contributed by atoms with Gasteiger partial charge < -0.3 is 38.5 Å². The third-order valence-corrected chi connectivity index (χ3v) is 9.70. The minimum Gasteiger partial charge on any atom is -0.493 e. The number of nitrogens with zero attached hydrogens (tertiary/aromatic N) is 5. The molecule has 12 heteroatoms. The standard InChI is InChI=1S/C45H39N7O5/c1-50(2)32-12-10-11-30(21-32)44(53)48-35-14-7-6-13-33(35)37-27-52-20-18-29(25-42(52)47-37)28-16-17-34(38-26-51-19-9-8-15-41(51)46-38)36(22-28)49-45(54)31-23-39(55-3)43(57-5)40(24-31)56-4/h6-27H,1-5H3,(H,48,53)(H,49,54). The van der Waals surface area contributed by atoms with E-state index in [9.17, 15) is 9.59 Å². The number of amides is 2. The average molecular weight is 758 g/mol. The third kappa shape index (κ3) is 7.19. The molecule has 0 spiro atoms. The molecule has 0 atom stereocenters. The van der Waals surface area contributed by atoms with Crippen LogP contribution in [0.1, 0.15) is 20.7 Å².